The lowest BCUT2D eigenvalue weighted by Crippen LogP contribution is -2.40. The molecule has 0 saturated carbocycles. The van der Waals surface area contributed by atoms with Crippen molar-refractivity contribution in [3.8, 4) is 11.4 Å². The predicted molar refractivity (Wildman–Crippen MR) is 90.7 cm³/mol. The second kappa shape index (κ2) is 7.84. The minimum Gasteiger partial charge on any atom is -0.353 e. The molecular formula is C17H25N5. The molecule has 2 aromatic heterocycles. The van der Waals surface area contributed by atoms with Gasteiger partial charge in [-0.3, -0.25) is 9.88 Å². The highest BCUT2D eigenvalue weighted by Crippen LogP contribution is 2.14. The van der Waals surface area contributed by atoms with Crippen molar-refractivity contribution in [3.63, 3.8) is 0 Å². The molecule has 22 heavy (non-hydrogen) atoms. The van der Waals surface area contributed by atoms with Crippen molar-refractivity contribution in [1.82, 2.24) is 19.9 Å². The molecule has 5 heteroatoms. The fraction of sp³-hybridized carbons (Fsp3) is 0.471. The summed E-state index contributed by atoms with van der Waals surface area (Å²) < 4.78 is 0. The van der Waals surface area contributed by atoms with Crippen molar-refractivity contribution in [3.05, 3.63) is 36.7 Å². The van der Waals surface area contributed by atoms with Gasteiger partial charge in [-0.2, -0.15) is 0 Å². The zero-order valence-electron chi connectivity index (χ0n) is 13.8. The van der Waals surface area contributed by atoms with E-state index in [0.29, 0.717) is 18.0 Å². The van der Waals surface area contributed by atoms with Gasteiger partial charge in [-0.05, 0) is 45.9 Å². The lowest BCUT2D eigenvalue weighted by molar-refractivity contribution is 0.182. The molecule has 118 valence electrons. The highest BCUT2D eigenvalue weighted by molar-refractivity contribution is 5.54. The van der Waals surface area contributed by atoms with Crippen molar-refractivity contribution >= 4 is 5.95 Å². The van der Waals surface area contributed by atoms with Crippen molar-refractivity contribution in [2.24, 2.45) is 0 Å². The summed E-state index contributed by atoms with van der Waals surface area (Å²) in [5.41, 5.74) is 1.70. The third-order valence-electron chi connectivity index (χ3n) is 3.56. The number of hydrogen-bond acceptors (Lipinski definition) is 5. The van der Waals surface area contributed by atoms with Gasteiger partial charge in [0.25, 0.3) is 0 Å². The molecule has 0 aliphatic carbocycles. The van der Waals surface area contributed by atoms with E-state index < -0.39 is 0 Å². The van der Waals surface area contributed by atoms with Crippen LogP contribution in [0.4, 0.5) is 5.95 Å². The SMILES string of the molecule is CC(C)N(CCNc1nccc(-c2ccccn2)n1)C(C)C. The molecule has 0 aliphatic heterocycles. The zero-order chi connectivity index (χ0) is 15.9. The first-order valence-corrected chi connectivity index (χ1v) is 7.82. The predicted octanol–water partition coefficient (Wildman–Crippen LogP) is 3.07. The number of anilines is 1. The van der Waals surface area contributed by atoms with E-state index in [1.807, 2.05) is 24.3 Å². The number of aromatic nitrogens is 3. The number of hydrogen-bond donors (Lipinski definition) is 1. The fourth-order valence-corrected chi connectivity index (χ4v) is 2.51. The van der Waals surface area contributed by atoms with E-state index in [1.54, 1.807) is 12.4 Å². The molecule has 0 bridgehead atoms. The van der Waals surface area contributed by atoms with E-state index in [0.717, 1.165) is 24.5 Å². The largest absolute Gasteiger partial charge is 0.353 e. The van der Waals surface area contributed by atoms with E-state index >= 15 is 0 Å². The summed E-state index contributed by atoms with van der Waals surface area (Å²) in [6.45, 7) is 10.7. The summed E-state index contributed by atoms with van der Waals surface area (Å²) in [6.07, 6.45) is 3.54. The maximum absolute atomic E-state index is 4.53. The Hall–Kier alpha value is -2.01. The number of rotatable bonds is 7. The first-order chi connectivity index (χ1) is 10.6. The van der Waals surface area contributed by atoms with Crippen molar-refractivity contribution < 1.29 is 0 Å². The first kappa shape index (κ1) is 16.4. The van der Waals surface area contributed by atoms with Crippen LogP contribution in [0.2, 0.25) is 0 Å². The summed E-state index contributed by atoms with van der Waals surface area (Å²) in [4.78, 5) is 15.6. The molecule has 0 radical (unpaired) electrons. The Balaban J connectivity index is 1.97. The first-order valence-electron chi connectivity index (χ1n) is 7.82. The van der Waals surface area contributed by atoms with E-state index in [9.17, 15) is 0 Å². The third-order valence-corrected chi connectivity index (χ3v) is 3.56. The van der Waals surface area contributed by atoms with Gasteiger partial charge in [-0.15, -0.1) is 0 Å². The molecule has 0 saturated heterocycles. The Kier molecular flexibility index (Phi) is 5.83. The minimum atomic E-state index is 0.530. The Bertz CT molecular complexity index is 560. The van der Waals surface area contributed by atoms with Gasteiger partial charge in [-0.25, -0.2) is 9.97 Å². The quantitative estimate of drug-likeness (QED) is 0.851. The van der Waals surface area contributed by atoms with E-state index in [2.05, 4.69) is 52.9 Å². The molecule has 0 aromatic carbocycles. The highest BCUT2D eigenvalue weighted by atomic mass is 15.2. The van der Waals surface area contributed by atoms with Crippen LogP contribution in [0.5, 0.6) is 0 Å². The fourth-order valence-electron chi connectivity index (χ4n) is 2.51. The summed E-state index contributed by atoms with van der Waals surface area (Å²) in [5, 5.41) is 3.30. The third kappa shape index (κ3) is 4.49. The van der Waals surface area contributed by atoms with Crippen LogP contribution in [-0.4, -0.2) is 45.0 Å². The monoisotopic (exact) mass is 299 g/mol. The van der Waals surface area contributed by atoms with Crippen LogP contribution in [0.15, 0.2) is 36.7 Å². The van der Waals surface area contributed by atoms with Crippen LogP contribution in [0, 0.1) is 0 Å². The van der Waals surface area contributed by atoms with Crippen LogP contribution in [0.25, 0.3) is 11.4 Å². The van der Waals surface area contributed by atoms with Gasteiger partial charge in [0.2, 0.25) is 5.95 Å². The van der Waals surface area contributed by atoms with Crippen molar-refractivity contribution in [2.45, 2.75) is 39.8 Å². The molecule has 2 aromatic rings. The van der Waals surface area contributed by atoms with Gasteiger partial charge < -0.3 is 5.32 Å². The zero-order valence-corrected chi connectivity index (χ0v) is 13.8. The maximum Gasteiger partial charge on any atom is 0.223 e. The molecule has 2 rings (SSSR count). The Morgan fingerprint density at radius 1 is 0.955 bits per heavy atom. The van der Waals surface area contributed by atoms with Gasteiger partial charge in [0, 0.05) is 37.6 Å². The second-order valence-electron chi connectivity index (χ2n) is 5.83. The second-order valence-corrected chi connectivity index (χ2v) is 5.83. The van der Waals surface area contributed by atoms with E-state index in [-0.39, 0.29) is 0 Å². The summed E-state index contributed by atoms with van der Waals surface area (Å²) >= 11 is 0. The van der Waals surface area contributed by atoms with Crippen molar-refractivity contribution in [2.75, 3.05) is 18.4 Å². The Morgan fingerprint density at radius 3 is 2.36 bits per heavy atom. The summed E-state index contributed by atoms with van der Waals surface area (Å²) in [7, 11) is 0. The van der Waals surface area contributed by atoms with Gasteiger partial charge in [-0.1, -0.05) is 6.07 Å². The Labute approximate surface area is 132 Å². The average molecular weight is 299 g/mol. The number of pyridine rings is 1. The molecule has 2 heterocycles. The highest BCUT2D eigenvalue weighted by Gasteiger charge is 2.12. The van der Waals surface area contributed by atoms with Crippen LogP contribution in [0.3, 0.4) is 0 Å². The van der Waals surface area contributed by atoms with Crippen LogP contribution in [0.1, 0.15) is 27.7 Å². The topological polar surface area (TPSA) is 53.9 Å². The molecule has 0 atom stereocenters. The molecule has 1 N–H and O–H groups in total. The van der Waals surface area contributed by atoms with Crippen LogP contribution in [-0.2, 0) is 0 Å². The molecule has 0 amide bonds. The lowest BCUT2D eigenvalue weighted by Gasteiger charge is -2.30. The van der Waals surface area contributed by atoms with Crippen LogP contribution < -0.4 is 5.32 Å². The average Bonchev–Trinajstić information content (AvgIpc) is 2.52. The molecule has 0 unspecified atom stereocenters. The molecule has 0 spiro atoms. The lowest BCUT2D eigenvalue weighted by atomic mass is 10.2. The maximum atomic E-state index is 4.53. The molecular weight excluding hydrogens is 274 g/mol. The molecule has 0 aliphatic rings. The smallest absolute Gasteiger partial charge is 0.223 e. The summed E-state index contributed by atoms with van der Waals surface area (Å²) in [6, 6.07) is 8.75. The molecule has 5 nitrogen and oxygen atoms in total. The van der Waals surface area contributed by atoms with Gasteiger partial charge in [0.15, 0.2) is 0 Å². The normalized spacial score (nSPS) is 11.4. The van der Waals surface area contributed by atoms with E-state index in [4.69, 9.17) is 0 Å². The standard InChI is InChI=1S/C17H25N5/c1-13(2)22(14(3)4)12-11-20-17-19-10-8-16(21-17)15-7-5-6-9-18-15/h5-10,13-14H,11-12H2,1-4H3,(H,19,20,21). The van der Waals surface area contributed by atoms with E-state index in [1.165, 1.54) is 0 Å². The number of nitrogens with one attached hydrogen (secondary N) is 1. The minimum absolute atomic E-state index is 0.530. The van der Waals surface area contributed by atoms with Gasteiger partial charge in [0.1, 0.15) is 0 Å². The number of nitrogens with zero attached hydrogens (tertiary/aromatic N) is 4. The van der Waals surface area contributed by atoms with Crippen molar-refractivity contribution in [1.29, 1.82) is 0 Å². The Morgan fingerprint density at radius 2 is 1.73 bits per heavy atom. The van der Waals surface area contributed by atoms with Crippen LogP contribution >= 0.6 is 0 Å². The van der Waals surface area contributed by atoms with Gasteiger partial charge >= 0.3 is 0 Å². The summed E-state index contributed by atoms with van der Waals surface area (Å²) in [5.74, 6) is 0.649. The van der Waals surface area contributed by atoms with Gasteiger partial charge in [0.05, 0.1) is 11.4 Å². The molecule has 0 fully saturated rings.